The van der Waals surface area contributed by atoms with E-state index in [-0.39, 0.29) is 5.75 Å². The molecule has 2 nitrogen and oxygen atoms in total. The molecule has 1 aliphatic rings. The van der Waals surface area contributed by atoms with Crippen molar-refractivity contribution in [1.29, 1.82) is 0 Å². The molecule has 0 bridgehead atoms. The zero-order chi connectivity index (χ0) is 13.1. The van der Waals surface area contributed by atoms with E-state index < -0.39 is 6.61 Å². The third kappa shape index (κ3) is 3.12. The Kier molecular flexibility index (Phi) is 4.40. The van der Waals surface area contributed by atoms with E-state index in [9.17, 15) is 8.78 Å². The summed E-state index contributed by atoms with van der Waals surface area (Å²) in [4.78, 5) is 0. The fraction of sp³-hybridized carbons (Fsp3) is 0.538. The second-order valence-corrected chi connectivity index (χ2v) is 5.05. The molecule has 1 aromatic rings. The molecule has 100 valence electrons. The highest BCUT2D eigenvalue weighted by molar-refractivity contribution is 6.31. The first-order chi connectivity index (χ1) is 8.58. The van der Waals surface area contributed by atoms with Gasteiger partial charge in [0.15, 0.2) is 0 Å². The monoisotopic (exact) mass is 275 g/mol. The van der Waals surface area contributed by atoms with Gasteiger partial charge in [0.05, 0.1) is 0 Å². The third-order valence-electron chi connectivity index (χ3n) is 3.38. The molecule has 0 unspecified atom stereocenters. The molecule has 1 aliphatic heterocycles. The van der Waals surface area contributed by atoms with Crippen molar-refractivity contribution in [3.8, 4) is 5.75 Å². The van der Waals surface area contributed by atoms with E-state index in [4.69, 9.17) is 11.6 Å². The second kappa shape index (κ2) is 5.85. The molecule has 0 aromatic heterocycles. The van der Waals surface area contributed by atoms with Gasteiger partial charge < -0.3 is 10.1 Å². The zero-order valence-corrected chi connectivity index (χ0v) is 10.9. The fourth-order valence-electron chi connectivity index (χ4n) is 2.46. The molecular formula is C13H16ClF2NO. The lowest BCUT2D eigenvalue weighted by molar-refractivity contribution is -0.0498. The lowest BCUT2D eigenvalue weighted by Gasteiger charge is -2.30. The normalized spacial score (nSPS) is 24.3. The predicted octanol–water partition coefficient (Wildman–Crippen LogP) is 3.65. The number of ether oxygens (including phenoxy) is 1. The number of nitrogens with one attached hydrogen (secondary N) is 1. The largest absolute Gasteiger partial charge is 0.435 e. The Labute approximate surface area is 110 Å². The highest BCUT2D eigenvalue weighted by atomic mass is 35.5. The van der Waals surface area contributed by atoms with Crippen molar-refractivity contribution < 1.29 is 13.5 Å². The number of piperidine rings is 1. The minimum absolute atomic E-state index is 0.111. The Morgan fingerprint density at radius 3 is 2.83 bits per heavy atom. The quantitative estimate of drug-likeness (QED) is 0.909. The van der Waals surface area contributed by atoms with Crippen molar-refractivity contribution in [2.45, 2.75) is 25.9 Å². The van der Waals surface area contributed by atoms with Crippen LogP contribution in [0.1, 0.15) is 24.8 Å². The van der Waals surface area contributed by atoms with E-state index in [0.717, 1.165) is 25.1 Å². The number of halogens is 3. The molecule has 1 saturated heterocycles. The molecule has 0 saturated carbocycles. The van der Waals surface area contributed by atoms with E-state index in [2.05, 4.69) is 17.0 Å². The summed E-state index contributed by atoms with van der Waals surface area (Å²) in [5.74, 6) is 0.970. The second-order valence-electron chi connectivity index (χ2n) is 4.64. The maximum Gasteiger partial charge on any atom is 0.387 e. The number of hydrogen-bond donors (Lipinski definition) is 1. The van der Waals surface area contributed by atoms with E-state index in [1.165, 1.54) is 6.07 Å². The van der Waals surface area contributed by atoms with Gasteiger partial charge in [-0.15, -0.1) is 0 Å². The highest BCUT2D eigenvalue weighted by Gasteiger charge is 2.24. The zero-order valence-electron chi connectivity index (χ0n) is 10.1. The molecular weight excluding hydrogens is 260 g/mol. The summed E-state index contributed by atoms with van der Waals surface area (Å²) in [5.41, 5.74) is 1.02. The van der Waals surface area contributed by atoms with Crippen LogP contribution < -0.4 is 10.1 Å². The van der Waals surface area contributed by atoms with Crippen molar-refractivity contribution in [2.24, 2.45) is 5.92 Å². The van der Waals surface area contributed by atoms with Crippen LogP contribution in [0, 0.1) is 5.92 Å². The first-order valence-electron chi connectivity index (χ1n) is 6.03. The minimum Gasteiger partial charge on any atom is -0.435 e. The van der Waals surface area contributed by atoms with Gasteiger partial charge in [0.2, 0.25) is 0 Å². The molecule has 0 spiro atoms. The van der Waals surface area contributed by atoms with E-state index in [1.54, 1.807) is 12.1 Å². The molecule has 0 amide bonds. The topological polar surface area (TPSA) is 21.3 Å². The Bertz CT molecular complexity index is 414. The molecule has 5 heteroatoms. The number of benzene rings is 1. The summed E-state index contributed by atoms with van der Waals surface area (Å²) < 4.78 is 28.5. The smallest absolute Gasteiger partial charge is 0.387 e. The number of hydrogen-bond acceptors (Lipinski definition) is 2. The molecule has 2 rings (SSSR count). The van der Waals surface area contributed by atoms with E-state index in [1.807, 2.05) is 0 Å². The first kappa shape index (κ1) is 13.6. The number of alkyl halides is 2. The van der Waals surface area contributed by atoms with Gasteiger partial charge in [0, 0.05) is 5.02 Å². The molecule has 1 heterocycles. The van der Waals surface area contributed by atoms with Crippen LogP contribution in [0.5, 0.6) is 5.75 Å². The highest BCUT2D eigenvalue weighted by Crippen LogP contribution is 2.36. The van der Waals surface area contributed by atoms with Crippen LogP contribution in [0.25, 0.3) is 0 Å². The summed E-state index contributed by atoms with van der Waals surface area (Å²) in [6.07, 6.45) is 1.01. The average Bonchev–Trinajstić information content (AvgIpc) is 2.30. The summed E-state index contributed by atoms with van der Waals surface area (Å²) in [6, 6.07) is 4.83. The lowest BCUT2D eigenvalue weighted by Crippen LogP contribution is -2.33. The van der Waals surface area contributed by atoms with E-state index in [0.29, 0.717) is 16.9 Å². The molecule has 1 aromatic carbocycles. The van der Waals surface area contributed by atoms with Crippen LogP contribution in [-0.2, 0) is 0 Å². The summed E-state index contributed by atoms with van der Waals surface area (Å²) >= 11 is 6.17. The van der Waals surface area contributed by atoms with Gasteiger partial charge in [0.1, 0.15) is 5.75 Å². The Morgan fingerprint density at radius 1 is 1.44 bits per heavy atom. The maximum absolute atomic E-state index is 12.1. The predicted molar refractivity (Wildman–Crippen MR) is 67.5 cm³/mol. The van der Waals surface area contributed by atoms with Crippen molar-refractivity contribution in [3.05, 3.63) is 28.8 Å². The molecule has 1 N–H and O–H groups in total. The Balaban J connectivity index is 2.18. The Morgan fingerprint density at radius 2 is 2.22 bits per heavy atom. The molecule has 2 atom stereocenters. The van der Waals surface area contributed by atoms with Gasteiger partial charge in [0.25, 0.3) is 0 Å². The SMILES string of the molecule is C[C@H]1CNCC[C@H]1c1ccc(OC(F)F)cc1Cl. The fourth-order valence-corrected chi connectivity index (χ4v) is 2.77. The van der Waals surface area contributed by atoms with Gasteiger partial charge in [-0.3, -0.25) is 0 Å². The van der Waals surface area contributed by atoms with Gasteiger partial charge in [-0.2, -0.15) is 8.78 Å². The standard InChI is InChI=1S/C13H16ClF2NO/c1-8-7-17-5-4-10(8)11-3-2-9(6-12(11)14)18-13(15)16/h2-3,6,8,10,13,17H,4-5,7H2,1H3/t8-,10+/m0/s1. The first-order valence-corrected chi connectivity index (χ1v) is 6.40. The average molecular weight is 276 g/mol. The molecule has 1 fully saturated rings. The summed E-state index contributed by atoms with van der Waals surface area (Å²) in [5, 5.41) is 3.83. The van der Waals surface area contributed by atoms with Gasteiger partial charge in [-0.1, -0.05) is 24.6 Å². The van der Waals surface area contributed by atoms with Crippen LogP contribution >= 0.6 is 11.6 Å². The Hall–Kier alpha value is -0.870. The van der Waals surface area contributed by atoms with Crippen LogP contribution in [0.2, 0.25) is 5.02 Å². The lowest BCUT2D eigenvalue weighted by atomic mass is 9.82. The number of rotatable bonds is 3. The van der Waals surface area contributed by atoms with Gasteiger partial charge in [-0.25, -0.2) is 0 Å². The summed E-state index contributed by atoms with van der Waals surface area (Å²) in [7, 11) is 0. The van der Waals surface area contributed by atoms with Gasteiger partial charge in [-0.05, 0) is 49.0 Å². The molecule has 18 heavy (non-hydrogen) atoms. The third-order valence-corrected chi connectivity index (χ3v) is 3.71. The van der Waals surface area contributed by atoms with E-state index >= 15 is 0 Å². The van der Waals surface area contributed by atoms with Crippen molar-refractivity contribution in [1.82, 2.24) is 5.32 Å². The summed E-state index contributed by atoms with van der Waals surface area (Å²) in [6.45, 7) is 1.26. The van der Waals surface area contributed by atoms with Crippen LogP contribution in [0.15, 0.2) is 18.2 Å². The van der Waals surface area contributed by atoms with Crippen LogP contribution in [0.3, 0.4) is 0 Å². The van der Waals surface area contributed by atoms with Crippen molar-refractivity contribution in [3.63, 3.8) is 0 Å². The van der Waals surface area contributed by atoms with Crippen molar-refractivity contribution in [2.75, 3.05) is 13.1 Å². The minimum atomic E-state index is -2.82. The van der Waals surface area contributed by atoms with Gasteiger partial charge >= 0.3 is 6.61 Å². The van der Waals surface area contributed by atoms with Crippen LogP contribution in [0.4, 0.5) is 8.78 Å². The molecule has 0 aliphatic carbocycles. The maximum atomic E-state index is 12.1. The van der Waals surface area contributed by atoms with Crippen LogP contribution in [-0.4, -0.2) is 19.7 Å². The van der Waals surface area contributed by atoms with Crippen molar-refractivity contribution >= 4 is 11.6 Å². The molecule has 0 radical (unpaired) electrons.